The number of methoxy groups -OCH3 is 1. The van der Waals surface area contributed by atoms with E-state index in [0.29, 0.717) is 43.4 Å². The molecule has 0 atom stereocenters. The normalized spacial score (nSPS) is 13.8. The van der Waals surface area contributed by atoms with E-state index >= 15 is 0 Å². The standard InChI is InChI=1S/C18H21N5O4/c1-27-15-3-2-8-19-16(15)21-17(24)20-13-4-6-14(7-5-13)22-9-11-23(12-10-22)18(25)26/h2-8H,9-12H2,1H3,(H,25,26)(H2,19,20,21,24). The van der Waals surface area contributed by atoms with Crippen molar-refractivity contribution in [2.24, 2.45) is 0 Å². The second-order valence-electron chi connectivity index (χ2n) is 5.94. The van der Waals surface area contributed by atoms with E-state index in [1.807, 2.05) is 12.1 Å². The molecule has 3 rings (SSSR count). The highest BCUT2D eigenvalue weighted by atomic mass is 16.5. The van der Waals surface area contributed by atoms with Gasteiger partial charge in [-0.25, -0.2) is 14.6 Å². The molecule has 0 spiro atoms. The smallest absolute Gasteiger partial charge is 0.407 e. The number of nitrogens with zero attached hydrogens (tertiary/aromatic N) is 3. The van der Waals surface area contributed by atoms with E-state index in [1.165, 1.54) is 12.0 Å². The fourth-order valence-electron chi connectivity index (χ4n) is 2.83. The van der Waals surface area contributed by atoms with Gasteiger partial charge >= 0.3 is 12.1 Å². The number of carbonyl (C=O) groups is 2. The first-order valence-electron chi connectivity index (χ1n) is 8.46. The second kappa shape index (κ2) is 8.26. The number of benzene rings is 1. The molecule has 0 saturated carbocycles. The fourth-order valence-corrected chi connectivity index (χ4v) is 2.83. The zero-order valence-electron chi connectivity index (χ0n) is 14.9. The lowest BCUT2D eigenvalue weighted by atomic mass is 10.2. The van der Waals surface area contributed by atoms with Crippen LogP contribution < -0.4 is 20.3 Å². The number of anilines is 3. The van der Waals surface area contributed by atoms with Gasteiger partial charge in [0.25, 0.3) is 0 Å². The zero-order chi connectivity index (χ0) is 19.2. The van der Waals surface area contributed by atoms with Gasteiger partial charge in [0, 0.05) is 43.8 Å². The van der Waals surface area contributed by atoms with E-state index in [4.69, 9.17) is 9.84 Å². The van der Waals surface area contributed by atoms with Crippen molar-refractivity contribution in [3.8, 4) is 5.75 Å². The number of piperazine rings is 1. The quantitative estimate of drug-likeness (QED) is 0.762. The molecule has 1 saturated heterocycles. The molecule has 3 amide bonds. The molecule has 9 nitrogen and oxygen atoms in total. The molecule has 1 aliphatic heterocycles. The molecular formula is C18H21N5O4. The Morgan fingerprint density at radius 1 is 1.07 bits per heavy atom. The lowest BCUT2D eigenvalue weighted by molar-refractivity contribution is 0.142. The number of ether oxygens (including phenoxy) is 1. The van der Waals surface area contributed by atoms with Crippen LogP contribution in [0.2, 0.25) is 0 Å². The summed E-state index contributed by atoms with van der Waals surface area (Å²) in [7, 11) is 1.51. The molecule has 1 aromatic carbocycles. The SMILES string of the molecule is COc1cccnc1NC(=O)Nc1ccc(N2CCN(C(=O)O)CC2)cc1. The van der Waals surface area contributed by atoms with Gasteiger partial charge in [-0.1, -0.05) is 0 Å². The van der Waals surface area contributed by atoms with E-state index in [1.54, 1.807) is 30.5 Å². The summed E-state index contributed by atoms with van der Waals surface area (Å²) in [6.45, 7) is 2.23. The number of hydrogen-bond donors (Lipinski definition) is 3. The first-order chi connectivity index (χ1) is 13.1. The zero-order valence-corrected chi connectivity index (χ0v) is 14.9. The molecule has 0 bridgehead atoms. The number of pyridine rings is 1. The van der Waals surface area contributed by atoms with E-state index in [2.05, 4.69) is 20.5 Å². The van der Waals surface area contributed by atoms with Gasteiger partial charge in [-0.05, 0) is 36.4 Å². The number of carbonyl (C=O) groups excluding carboxylic acids is 1. The maximum absolute atomic E-state index is 12.1. The molecule has 142 valence electrons. The van der Waals surface area contributed by atoms with Crippen molar-refractivity contribution < 1.29 is 19.4 Å². The van der Waals surface area contributed by atoms with Crippen molar-refractivity contribution in [2.45, 2.75) is 0 Å². The van der Waals surface area contributed by atoms with E-state index in [9.17, 15) is 9.59 Å². The van der Waals surface area contributed by atoms with Crippen LogP contribution in [0.1, 0.15) is 0 Å². The van der Waals surface area contributed by atoms with Crippen LogP contribution >= 0.6 is 0 Å². The molecule has 1 aliphatic rings. The topological polar surface area (TPSA) is 107 Å². The van der Waals surface area contributed by atoms with Crippen molar-refractivity contribution in [1.82, 2.24) is 9.88 Å². The van der Waals surface area contributed by atoms with Gasteiger partial charge in [0.2, 0.25) is 0 Å². The molecule has 3 N–H and O–H groups in total. The summed E-state index contributed by atoms with van der Waals surface area (Å²) in [6, 6.07) is 10.4. The van der Waals surface area contributed by atoms with Crippen LogP contribution in [0.25, 0.3) is 0 Å². The van der Waals surface area contributed by atoms with E-state index < -0.39 is 12.1 Å². The van der Waals surface area contributed by atoms with Gasteiger partial charge in [0.1, 0.15) is 0 Å². The Labute approximate surface area is 156 Å². The van der Waals surface area contributed by atoms with E-state index in [0.717, 1.165) is 5.69 Å². The van der Waals surface area contributed by atoms with Crippen LogP contribution in [0.3, 0.4) is 0 Å². The number of aromatic nitrogens is 1. The molecule has 27 heavy (non-hydrogen) atoms. The minimum Gasteiger partial charge on any atom is -0.493 e. The molecule has 9 heteroatoms. The summed E-state index contributed by atoms with van der Waals surface area (Å²) in [4.78, 5) is 30.7. The summed E-state index contributed by atoms with van der Waals surface area (Å²) in [6.07, 6.45) is 0.682. The van der Waals surface area contributed by atoms with Crippen LogP contribution in [0.4, 0.5) is 26.8 Å². The monoisotopic (exact) mass is 371 g/mol. The molecule has 0 unspecified atom stereocenters. The van der Waals surface area contributed by atoms with Crippen LogP contribution in [0.5, 0.6) is 5.75 Å². The summed E-state index contributed by atoms with van der Waals surface area (Å²) < 4.78 is 5.15. The predicted octanol–water partition coefficient (Wildman–Crippen LogP) is 2.53. The largest absolute Gasteiger partial charge is 0.493 e. The number of hydrogen-bond acceptors (Lipinski definition) is 5. The lowest BCUT2D eigenvalue weighted by Crippen LogP contribution is -2.48. The third-order valence-electron chi connectivity index (χ3n) is 4.26. The Balaban J connectivity index is 1.56. The fraction of sp³-hybridized carbons (Fsp3) is 0.278. The number of rotatable bonds is 4. The maximum atomic E-state index is 12.1. The van der Waals surface area contributed by atoms with Gasteiger partial charge < -0.3 is 25.0 Å². The van der Waals surface area contributed by atoms with Crippen LogP contribution in [-0.4, -0.2) is 60.4 Å². The van der Waals surface area contributed by atoms with Crippen molar-refractivity contribution in [3.05, 3.63) is 42.6 Å². The Bertz CT molecular complexity index is 804. The predicted molar refractivity (Wildman–Crippen MR) is 102 cm³/mol. The molecule has 0 radical (unpaired) electrons. The molecule has 2 heterocycles. The van der Waals surface area contributed by atoms with Crippen molar-refractivity contribution >= 4 is 29.3 Å². The summed E-state index contributed by atoms with van der Waals surface area (Å²) in [5.74, 6) is 0.814. The molecule has 0 aliphatic carbocycles. The Morgan fingerprint density at radius 3 is 2.41 bits per heavy atom. The summed E-state index contributed by atoms with van der Waals surface area (Å²) in [5, 5.41) is 14.4. The van der Waals surface area contributed by atoms with Gasteiger partial charge in [-0.15, -0.1) is 0 Å². The average Bonchev–Trinajstić information content (AvgIpc) is 2.69. The maximum Gasteiger partial charge on any atom is 0.407 e. The van der Waals surface area contributed by atoms with Crippen molar-refractivity contribution in [1.29, 1.82) is 0 Å². The molecule has 2 aromatic rings. The number of amides is 3. The van der Waals surface area contributed by atoms with Gasteiger partial charge in [-0.3, -0.25) is 5.32 Å². The average molecular weight is 371 g/mol. The van der Waals surface area contributed by atoms with Crippen LogP contribution in [-0.2, 0) is 0 Å². The Hall–Kier alpha value is -3.49. The molecule has 1 aromatic heterocycles. The van der Waals surface area contributed by atoms with Crippen molar-refractivity contribution in [2.75, 3.05) is 48.8 Å². The highest BCUT2D eigenvalue weighted by molar-refractivity contribution is 6.00. The van der Waals surface area contributed by atoms with Gasteiger partial charge in [0.15, 0.2) is 11.6 Å². The minimum absolute atomic E-state index is 0.338. The first-order valence-corrected chi connectivity index (χ1v) is 8.46. The first kappa shape index (κ1) is 18.3. The van der Waals surface area contributed by atoms with Crippen LogP contribution in [0.15, 0.2) is 42.6 Å². The van der Waals surface area contributed by atoms with Crippen molar-refractivity contribution in [3.63, 3.8) is 0 Å². The summed E-state index contributed by atoms with van der Waals surface area (Å²) >= 11 is 0. The number of nitrogens with one attached hydrogen (secondary N) is 2. The van der Waals surface area contributed by atoms with E-state index in [-0.39, 0.29) is 0 Å². The summed E-state index contributed by atoms with van der Waals surface area (Å²) in [5.41, 5.74) is 1.62. The Morgan fingerprint density at radius 2 is 1.78 bits per heavy atom. The third-order valence-corrected chi connectivity index (χ3v) is 4.26. The molecule has 1 fully saturated rings. The Kier molecular flexibility index (Phi) is 5.60. The third kappa shape index (κ3) is 4.57. The highest BCUT2D eigenvalue weighted by Crippen LogP contribution is 2.22. The minimum atomic E-state index is -0.884. The molecular weight excluding hydrogens is 350 g/mol. The van der Waals surface area contributed by atoms with Gasteiger partial charge in [0.05, 0.1) is 7.11 Å². The number of carboxylic acid groups (broad SMARTS) is 1. The highest BCUT2D eigenvalue weighted by Gasteiger charge is 2.20. The lowest BCUT2D eigenvalue weighted by Gasteiger charge is -2.34. The van der Waals surface area contributed by atoms with Crippen LogP contribution in [0, 0.1) is 0 Å². The van der Waals surface area contributed by atoms with Gasteiger partial charge in [-0.2, -0.15) is 0 Å². The second-order valence-corrected chi connectivity index (χ2v) is 5.94. The number of urea groups is 1.